The van der Waals surface area contributed by atoms with Crippen molar-refractivity contribution in [1.29, 1.82) is 5.26 Å². The lowest BCUT2D eigenvalue weighted by atomic mass is 10.4. The summed E-state index contributed by atoms with van der Waals surface area (Å²) in [5.41, 5.74) is 0.719. The van der Waals surface area contributed by atoms with Gasteiger partial charge in [-0.25, -0.2) is 4.98 Å². The van der Waals surface area contributed by atoms with Crippen LogP contribution < -0.4 is 0 Å². The molecule has 1 heterocycles. The third kappa shape index (κ3) is 1.92. The van der Waals surface area contributed by atoms with Crippen LogP contribution in [0.15, 0.2) is 0 Å². The fourth-order valence-electron chi connectivity index (χ4n) is 0.715. The summed E-state index contributed by atoms with van der Waals surface area (Å²) < 4.78 is 0.656. The molecule has 0 aliphatic carbocycles. The maximum atomic E-state index is 8.38. The maximum absolute atomic E-state index is 8.38. The molecule has 2 nitrogen and oxygen atoms in total. The van der Waals surface area contributed by atoms with Crippen molar-refractivity contribution in [2.75, 3.05) is 0 Å². The number of hydrogen-bond acceptors (Lipinski definition) is 3. The Balaban J connectivity index is 2.90. The number of rotatable bonds is 2. The Morgan fingerprint density at radius 3 is 2.91 bits per heavy atom. The Morgan fingerprint density at radius 1 is 1.73 bits per heavy atom. The van der Waals surface area contributed by atoms with Gasteiger partial charge in [-0.05, 0) is 6.42 Å². The van der Waals surface area contributed by atoms with E-state index in [0.717, 1.165) is 17.1 Å². The first-order valence-electron chi connectivity index (χ1n) is 3.29. The predicted molar refractivity (Wildman–Crippen MR) is 45.8 cm³/mol. The SMILES string of the molecule is CCc1nc(CC#N)c(Cl)s1. The molecule has 4 heteroatoms. The average molecular weight is 187 g/mol. The molecule has 0 aliphatic heterocycles. The van der Waals surface area contributed by atoms with Crippen LogP contribution in [0.1, 0.15) is 17.6 Å². The lowest BCUT2D eigenvalue weighted by molar-refractivity contribution is 1.04. The van der Waals surface area contributed by atoms with Crippen LogP contribution in [0.3, 0.4) is 0 Å². The molecule has 1 rings (SSSR count). The first-order valence-corrected chi connectivity index (χ1v) is 4.48. The van der Waals surface area contributed by atoms with E-state index in [2.05, 4.69) is 4.98 Å². The highest BCUT2D eigenvalue weighted by Gasteiger charge is 2.06. The smallest absolute Gasteiger partial charge is 0.117 e. The number of thiazole rings is 1. The van der Waals surface area contributed by atoms with Gasteiger partial charge in [0.2, 0.25) is 0 Å². The number of nitrogens with zero attached hydrogens (tertiary/aromatic N) is 2. The van der Waals surface area contributed by atoms with E-state index in [0.29, 0.717) is 10.8 Å². The summed E-state index contributed by atoms with van der Waals surface area (Å²) in [4.78, 5) is 4.18. The number of hydrogen-bond donors (Lipinski definition) is 0. The van der Waals surface area contributed by atoms with Crippen molar-refractivity contribution in [3.8, 4) is 6.07 Å². The fraction of sp³-hybridized carbons (Fsp3) is 0.429. The zero-order chi connectivity index (χ0) is 8.27. The molecule has 0 aliphatic rings. The standard InChI is InChI=1S/C7H7ClN2S/c1-2-6-10-5(3-4-9)7(8)11-6/h2-3H2,1H3. The zero-order valence-corrected chi connectivity index (χ0v) is 7.67. The molecular weight excluding hydrogens is 180 g/mol. The summed E-state index contributed by atoms with van der Waals surface area (Å²) in [6.07, 6.45) is 1.20. The molecule has 0 spiro atoms. The summed E-state index contributed by atoms with van der Waals surface area (Å²) in [7, 11) is 0. The second-order valence-corrected chi connectivity index (χ2v) is 3.70. The van der Waals surface area contributed by atoms with Gasteiger partial charge in [0.1, 0.15) is 4.34 Å². The highest BCUT2D eigenvalue weighted by molar-refractivity contribution is 7.16. The van der Waals surface area contributed by atoms with E-state index in [1.807, 2.05) is 13.0 Å². The molecule has 58 valence electrons. The summed E-state index contributed by atoms with van der Waals surface area (Å²) in [6, 6.07) is 2.02. The van der Waals surface area contributed by atoms with Gasteiger partial charge < -0.3 is 0 Å². The van der Waals surface area contributed by atoms with Crippen molar-refractivity contribution in [2.24, 2.45) is 0 Å². The molecule has 11 heavy (non-hydrogen) atoms. The molecule has 1 aromatic rings. The second kappa shape index (κ2) is 3.70. The van der Waals surface area contributed by atoms with E-state index in [9.17, 15) is 0 Å². The lowest BCUT2D eigenvalue weighted by Gasteiger charge is -1.83. The summed E-state index contributed by atoms with van der Waals surface area (Å²) >= 11 is 7.26. The largest absolute Gasteiger partial charge is 0.244 e. The Labute approximate surface area is 74.4 Å². The molecule has 0 N–H and O–H groups in total. The number of aromatic nitrogens is 1. The van der Waals surface area contributed by atoms with Crippen LogP contribution in [0.4, 0.5) is 0 Å². The lowest BCUT2D eigenvalue weighted by Crippen LogP contribution is -1.83. The third-order valence-corrected chi connectivity index (χ3v) is 2.72. The Kier molecular flexibility index (Phi) is 2.86. The van der Waals surface area contributed by atoms with Crippen molar-refractivity contribution in [3.63, 3.8) is 0 Å². The zero-order valence-electron chi connectivity index (χ0n) is 6.09. The molecule has 0 saturated carbocycles. The number of aryl methyl sites for hydroxylation is 1. The van der Waals surface area contributed by atoms with Crippen LogP contribution in [0.25, 0.3) is 0 Å². The number of halogens is 1. The van der Waals surface area contributed by atoms with Gasteiger partial charge in [-0.15, -0.1) is 11.3 Å². The summed E-state index contributed by atoms with van der Waals surface area (Å²) in [5.74, 6) is 0. The van der Waals surface area contributed by atoms with E-state index in [1.165, 1.54) is 11.3 Å². The van der Waals surface area contributed by atoms with Crippen LogP contribution >= 0.6 is 22.9 Å². The van der Waals surface area contributed by atoms with E-state index in [-0.39, 0.29) is 0 Å². The molecule has 0 saturated heterocycles. The minimum absolute atomic E-state index is 0.315. The topological polar surface area (TPSA) is 36.7 Å². The van der Waals surface area contributed by atoms with Gasteiger partial charge in [0.15, 0.2) is 0 Å². The maximum Gasteiger partial charge on any atom is 0.117 e. The van der Waals surface area contributed by atoms with Crippen LogP contribution in [0.2, 0.25) is 4.34 Å². The molecule has 1 aromatic heterocycles. The summed E-state index contributed by atoms with van der Waals surface area (Å²) in [5, 5.41) is 9.38. The van der Waals surface area contributed by atoms with E-state index in [1.54, 1.807) is 0 Å². The van der Waals surface area contributed by atoms with Crippen molar-refractivity contribution >= 4 is 22.9 Å². The van der Waals surface area contributed by atoms with Crippen molar-refractivity contribution < 1.29 is 0 Å². The molecule has 0 fully saturated rings. The van der Waals surface area contributed by atoms with Crippen molar-refractivity contribution in [3.05, 3.63) is 15.0 Å². The second-order valence-electron chi connectivity index (χ2n) is 2.02. The number of nitriles is 1. The van der Waals surface area contributed by atoms with Gasteiger partial charge in [-0.3, -0.25) is 0 Å². The van der Waals surface area contributed by atoms with Crippen LogP contribution in [-0.4, -0.2) is 4.98 Å². The van der Waals surface area contributed by atoms with E-state index >= 15 is 0 Å². The molecule has 0 unspecified atom stereocenters. The van der Waals surface area contributed by atoms with Gasteiger partial charge in [0.25, 0.3) is 0 Å². The minimum Gasteiger partial charge on any atom is -0.244 e. The van der Waals surface area contributed by atoms with Crippen molar-refractivity contribution in [1.82, 2.24) is 4.98 Å². The molecular formula is C7H7ClN2S. The third-order valence-electron chi connectivity index (χ3n) is 1.24. The van der Waals surface area contributed by atoms with Gasteiger partial charge in [0.05, 0.1) is 23.2 Å². The Morgan fingerprint density at radius 2 is 2.45 bits per heavy atom. The quantitative estimate of drug-likeness (QED) is 0.712. The monoisotopic (exact) mass is 186 g/mol. The van der Waals surface area contributed by atoms with E-state index < -0.39 is 0 Å². The highest BCUT2D eigenvalue weighted by atomic mass is 35.5. The van der Waals surface area contributed by atoms with Gasteiger partial charge in [-0.1, -0.05) is 18.5 Å². The van der Waals surface area contributed by atoms with Gasteiger partial charge in [-0.2, -0.15) is 5.26 Å². The molecule has 0 amide bonds. The fourth-order valence-corrected chi connectivity index (χ4v) is 1.83. The molecule has 0 atom stereocenters. The summed E-state index contributed by atoms with van der Waals surface area (Å²) in [6.45, 7) is 2.02. The molecule has 0 aromatic carbocycles. The Bertz CT molecular complexity index is 287. The first-order chi connectivity index (χ1) is 5.27. The normalized spacial score (nSPS) is 9.55. The van der Waals surface area contributed by atoms with Crippen LogP contribution in [-0.2, 0) is 12.8 Å². The molecule has 0 bridgehead atoms. The Hall–Kier alpha value is -0.590. The predicted octanol–water partition coefficient (Wildman–Crippen LogP) is 2.42. The van der Waals surface area contributed by atoms with Crippen LogP contribution in [0, 0.1) is 11.3 Å². The minimum atomic E-state index is 0.315. The van der Waals surface area contributed by atoms with E-state index in [4.69, 9.17) is 16.9 Å². The average Bonchev–Trinajstić information content (AvgIpc) is 2.33. The van der Waals surface area contributed by atoms with Crippen LogP contribution in [0.5, 0.6) is 0 Å². The highest BCUT2D eigenvalue weighted by Crippen LogP contribution is 2.24. The van der Waals surface area contributed by atoms with Gasteiger partial charge >= 0.3 is 0 Å². The van der Waals surface area contributed by atoms with Crippen molar-refractivity contribution in [2.45, 2.75) is 19.8 Å². The molecule has 0 radical (unpaired) electrons. The first kappa shape index (κ1) is 8.51. The van der Waals surface area contributed by atoms with Gasteiger partial charge in [0, 0.05) is 0 Å².